The molecule has 0 spiro atoms. The lowest BCUT2D eigenvalue weighted by molar-refractivity contribution is -0.113. The zero-order chi connectivity index (χ0) is 30.8. The molecule has 0 saturated heterocycles. The van der Waals surface area contributed by atoms with Crippen molar-refractivity contribution in [2.24, 2.45) is 23.7 Å². The second-order valence-electron chi connectivity index (χ2n) is 13.9. The average molecular weight is 608 g/mol. The maximum absolute atomic E-state index is 13.3. The number of aliphatic hydroxyl groups is 1. The van der Waals surface area contributed by atoms with Crippen molar-refractivity contribution < 1.29 is 9.90 Å². The first-order chi connectivity index (χ1) is 19.9. The summed E-state index contributed by atoms with van der Waals surface area (Å²) < 4.78 is 0. The standard InChI is InChI=1S/C38H54O2S2/c1-25(2)11-9-13-31-19-29(20-32(41-31)14-10-12-26(3)4)23-35-37(39)36(38(35)40)24-30-21-33(17-15-27(5)6)42-34(22-30)18-16-28(7)8/h19-28H,9-18H2,1-8H3/p+1. The van der Waals surface area contributed by atoms with E-state index in [0.717, 1.165) is 49.7 Å². The fourth-order valence-electron chi connectivity index (χ4n) is 5.22. The molecule has 0 atom stereocenters. The number of carbonyl (C=O) groups excluding carboxylic acids is 1. The van der Waals surface area contributed by atoms with Crippen LogP contribution < -0.4 is 0 Å². The van der Waals surface area contributed by atoms with E-state index in [1.165, 1.54) is 45.2 Å². The summed E-state index contributed by atoms with van der Waals surface area (Å²) in [5, 5.41) is 11.1. The van der Waals surface area contributed by atoms with E-state index in [2.05, 4.69) is 79.7 Å². The predicted molar refractivity (Wildman–Crippen MR) is 187 cm³/mol. The molecule has 3 rings (SSSR count). The van der Waals surface area contributed by atoms with E-state index < -0.39 is 0 Å². The number of ketones is 1. The molecule has 0 unspecified atom stereocenters. The van der Waals surface area contributed by atoms with Gasteiger partial charge in [0.05, 0.1) is 11.1 Å². The topological polar surface area (TPSA) is 37.3 Å². The molecule has 0 saturated carbocycles. The summed E-state index contributed by atoms with van der Waals surface area (Å²) in [4.78, 5) is 18.8. The van der Waals surface area contributed by atoms with Gasteiger partial charge in [-0.15, -0.1) is 0 Å². The molecule has 4 heteroatoms. The number of allylic oxidation sites excluding steroid dienone is 8. The van der Waals surface area contributed by atoms with Gasteiger partial charge in [0, 0.05) is 25.0 Å². The third-order valence-corrected chi connectivity index (χ3v) is 10.1. The Morgan fingerprint density at radius 3 is 1.62 bits per heavy atom. The van der Waals surface area contributed by atoms with Crippen molar-refractivity contribution in [3.8, 4) is 0 Å². The van der Waals surface area contributed by atoms with Gasteiger partial charge in [0.15, 0.2) is 0 Å². The van der Waals surface area contributed by atoms with Gasteiger partial charge in [0.1, 0.15) is 5.76 Å². The Kier molecular flexibility index (Phi) is 13.8. The third-order valence-electron chi connectivity index (χ3n) is 7.80. The van der Waals surface area contributed by atoms with Gasteiger partial charge < -0.3 is 5.11 Å². The fraction of sp³-hybridized carbons (Fsp3) is 0.579. The molecule has 0 aromatic carbocycles. The Balaban J connectivity index is 1.87. The molecule has 0 fully saturated rings. The molecular formula is C38H55O2S2+. The molecular weight excluding hydrogens is 553 g/mol. The van der Waals surface area contributed by atoms with Gasteiger partial charge >= 0.3 is 0 Å². The Morgan fingerprint density at radius 1 is 0.714 bits per heavy atom. The van der Waals surface area contributed by atoms with Crippen molar-refractivity contribution in [3.05, 3.63) is 78.0 Å². The van der Waals surface area contributed by atoms with Gasteiger partial charge in [-0.3, -0.25) is 4.79 Å². The zero-order valence-corrected chi connectivity index (χ0v) is 29.1. The summed E-state index contributed by atoms with van der Waals surface area (Å²) in [6.07, 6.45) is 19.6. The van der Waals surface area contributed by atoms with Crippen molar-refractivity contribution in [2.75, 3.05) is 0 Å². The van der Waals surface area contributed by atoms with Crippen LogP contribution in [0.4, 0.5) is 0 Å². The van der Waals surface area contributed by atoms with Gasteiger partial charge in [0.25, 0.3) is 0 Å². The summed E-state index contributed by atoms with van der Waals surface area (Å²) in [7, 11) is 0. The number of aryl methyl sites for hydroxylation is 2. The van der Waals surface area contributed by atoms with Crippen LogP contribution in [0.2, 0.25) is 0 Å². The van der Waals surface area contributed by atoms with Crippen LogP contribution in [-0.2, 0) is 17.6 Å². The minimum atomic E-state index is -0.0530. The second-order valence-corrected chi connectivity index (χ2v) is 16.4. The van der Waals surface area contributed by atoms with Crippen LogP contribution in [0.3, 0.4) is 0 Å². The molecule has 0 bridgehead atoms. The van der Waals surface area contributed by atoms with Crippen LogP contribution in [0.25, 0.3) is 6.08 Å². The van der Waals surface area contributed by atoms with Crippen LogP contribution in [-0.4, -0.2) is 10.9 Å². The lowest BCUT2D eigenvalue weighted by Gasteiger charge is -2.21. The number of thioether (sulfide) groups is 1. The monoisotopic (exact) mass is 607 g/mol. The van der Waals surface area contributed by atoms with Crippen molar-refractivity contribution in [2.45, 2.75) is 120 Å². The number of hydrogen-bond donors (Lipinski definition) is 1. The molecule has 1 aliphatic carbocycles. The lowest BCUT2D eigenvalue weighted by Crippen LogP contribution is -2.21. The molecule has 230 valence electrons. The molecule has 1 aliphatic heterocycles. The second kappa shape index (κ2) is 16.8. The Bertz CT molecular complexity index is 1180. The number of hydrogen-bond acceptors (Lipinski definition) is 3. The maximum atomic E-state index is 13.3. The van der Waals surface area contributed by atoms with Crippen molar-refractivity contribution in [1.82, 2.24) is 0 Å². The molecule has 2 heterocycles. The first kappa shape index (κ1) is 34.6. The summed E-state index contributed by atoms with van der Waals surface area (Å²) >= 11 is 3.82. The van der Waals surface area contributed by atoms with E-state index in [0.29, 0.717) is 34.8 Å². The predicted octanol–water partition coefficient (Wildman–Crippen LogP) is 12.1. The van der Waals surface area contributed by atoms with E-state index >= 15 is 0 Å². The third kappa shape index (κ3) is 11.3. The first-order valence-corrected chi connectivity index (χ1v) is 18.0. The summed E-state index contributed by atoms with van der Waals surface area (Å²) in [5.41, 5.74) is 2.95. The van der Waals surface area contributed by atoms with Crippen LogP contribution in [0.15, 0.2) is 62.6 Å². The van der Waals surface area contributed by atoms with Crippen molar-refractivity contribution in [1.29, 1.82) is 0 Å². The normalized spacial score (nSPS) is 16.7. The largest absolute Gasteiger partial charge is 0.506 e. The molecule has 1 aromatic rings. The molecule has 1 aromatic heterocycles. The minimum absolute atomic E-state index is 0.0530. The van der Waals surface area contributed by atoms with Gasteiger partial charge in [-0.2, -0.15) is 0 Å². The number of rotatable bonds is 16. The zero-order valence-electron chi connectivity index (χ0n) is 27.5. The minimum Gasteiger partial charge on any atom is -0.506 e. The smallest absolute Gasteiger partial charge is 0.218 e. The van der Waals surface area contributed by atoms with Gasteiger partial charge in [0.2, 0.25) is 26.9 Å². The summed E-state index contributed by atoms with van der Waals surface area (Å²) in [5.74, 6) is 2.80. The molecule has 2 nitrogen and oxygen atoms in total. The highest BCUT2D eigenvalue weighted by molar-refractivity contribution is 8.06. The molecule has 0 amide bonds. The van der Waals surface area contributed by atoms with E-state index in [-0.39, 0.29) is 11.5 Å². The molecule has 0 radical (unpaired) electrons. The highest BCUT2D eigenvalue weighted by Gasteiger charge is 2.32. The number of Topliss-reactive ketones (excluding diaryl/α,β-unsaturated/α-hetero) is 1. The van der Waals surface area contributed by atoms with E-state index in [9.17, 15) is 9.90 Å². The van der Waals surface area contributed by atoms with Crippen LogP contribution in [0.1, 0.15) is 122 Å². The van der Waals surface area contributed by atoms with Crippen molar-refractivity contribution >= 4 is 35.0 Å². The number of carbonyl (C=O) groups is 1. The summed E-state index contributed by atoms with van der Waals surface area (Å²) in [6.45, 7) is 18.2. The van der Waals surface area contributed by atoms with Gasteiger partial charge in [-0.05, 0) is 107 Å². The van der Waals surface area contributed by atoms with Crippen LogP contribution >= 0.6 is 23.1 Å². The van der Waals surface area contributed by atoms with Crippen LogP contribution in [0.5, 0.6) is 0 Å². The number of aliphatic hydroxyl groups excluding tert-OH is 1. The van der Waals surface area contributed by atoms with E-state index in [1.54, 1.807) is 0 Å². The fourth-order valence-corrected chi connectivity index (χ4v) is 7.60. The van der Waals surface area contributed by atoms with Crippen LogP contribution in [0, 0.1) is 23.7 Å². The Morgan fingerprint density at radius 2 is 1.19 bits per heavy atom. The first-order valence-electron chi connectivity index (χ1n) is 16.4. The average Bonchev–Trinajstić information content (AvgIpc) is 2.92. The van der Waals surface area contributed by atoms with E-state index in [1.807, 2.05) is 35.3 Å². The molecule has 42 heavy (non-hydrogen) atoms. The summed E-state index contributed by atoms with van der Waals surface area (Å²) in [6, 6.07) is 4.43. The van der Waals surface area contributed by atoms with Gasteiger partial charge in [-0.1, -0.05) is 80.0 Å². The van der Waals surface area contributed by atoms with E-state index in [4.69, 9.17) is 0 Å². The Labute approximate surface area is 265 Å². The molecule has 1 N–H and O–H groups in total. The molecule has 2 aliphatic rings. The van der Waals surface area contributed by atoms with Gasteiger partial charge in [-0.25, -0.2) is 0 Å². The Hall–Kier alpha value is -1.91. The maximum Gasteiger partial charge on any atom is 0.218 e. The SMILES string of the molecule is CC(C)CCCC1=CC(=CC2=C(O)C(=Cc3cc(CCC(C)C)[s+]c(CCC(C)C)c3)C2=O)C=C(CCCC(C)C)S1. The lowest BCUT2D eigenvalue weighted by atomic mass is 9.85. The highest BCUT2D eigenvalue weighted by Crippen LogP contribution is 2.40. The van der Waals surface area contributed by atoms with Crippen molar-refractivity contribution in [3.63, 3.8) is 0 Å². The quantitative estimate of drug-likeness (QED) is 0.150. The highest BCUT2D eigenvalue weighted by atomic mass is 32.2.